The number of piperidine rings is 1. The Hall–Kier alpha value is -0.650. The Kier molecular flexibility index (Phi) is 4.52. The number of rotatable bonds is 5. The number of nitrogens with one attached hydrogen (secondary N) is 1. The normalized spacial score (nSPS) is 32.7. The quantitative estimate of drug-likeness (QED) is 0.772. The van der Waals surface area contributed by atoms with Crippen molar-refractivity contribution in [2.75, 3.05) is 39.3 Å². The molecule has 1 saturated carbocycles. The number of carbonyl (C=O) groups is 1. The highest BCUT2D eigenvalue weighted by Gasteiger charge is 2.50. The molecular weight excluding hydrogens is 266 g/mol. The number of nitrogens with zero attached hydrogens (tertiary/aromatic N) is 2. The molecule has 2 atom stereocenters. The van der Waals surface area contributed by atoms with Gasteiger partial charge in [0.25, 0.3) is 0 Å². The maximum atomic E-state index is 12.2. The van der Waals surface area contributed by atoms with Crippen LogP contribution in [0.15, 0.2) is 0 Å². The van der Waals surface area contributed by atoms with E-state index in [0.717, 1.165) is 58.5 Å². The lowest BCUT2D eigenvalue weighted by Crippen LogP contribution is -2.55. The first kappa shape index (κ1) is 15.3. The third-order valence-corrected chi connectivity index (χ3v) is 5.65. The predicted octanol–water partition coefficient (Wildman–Crippen LogP) is 0.434. The van der Waals surface area contributed by atoms with Crippen molar-refractivity contribution in [2.24, 2.45) is 5.41 Å². The minimum absolute atomic E-state index is 0.0188. The number of amides is 1. The number of aliphatic hydroxyl groups excluding tert-OH is 1. The van der Waals surface area contributed by atoms with Crippen molar-refractivity contribution in [3.8, 4) is 0 Å². The van der Waals surface area contributed by atoms with Crippen LogP contribution in [0.2, 0.25) is 0 Å². The molecule has 1 spiro atoms. The van der Waals surface area contributed by atoms with E-state index in [2.05, 4.69) is 17.1 Å². The van der Waals surface area contributed by atoms with E-state index in [-0.39, 0.29) is 18.1 Å². The zero-order valence-corrected chi connectivity index (χ0v) is 13.2. The van der Waals surface area contributed by atoms with Crippen molar-refractivity contribution >= 4 is 5.91 Å². The van der Waals surface area contributed by atoms with E-state index < -0.39 is 0 Å². The summed E-state index contributed by atoms with van der Waals surface area (Å²) in [5, 5.41) is 13.5. The molecule has 0 aromatic heterocycles. The molecule has 21 heavy (non-hydrogen) atoms. The summed E-state index contributed by atoms with van der Waals surface area (Å²) in [7, 11) is 0. The monoisotopic (exact) mass is 295 g/mol. The van der Waals surface area contributed by atoms with Crippen molar-refractivity contribution in [3.05, 3.63) is 0 Å². The van der Waals surface area contributed by atoms with Crippen LogP contribution in [0.5, 0.6) is 0 Å². The minimum Gasteiger partial charge on any atom is -0.391 e. The Balaban J connectivity index is 1.39. The highest BCUT2D eigenvalue weighted by atomic mass is 16.3. The van der Waals surface area contributed by atoms with Gasteiger partial charge < -0.3 is 20.2 Å². The number of likely N-dealkylation sites (tertiary alicyclic amines) is 1. The Labute approximate surface area is 127 Å². The standard InChI is InChI=1S/C16H29N3O2/c1-2-13-15(21)19(11-7-17-13)9-3-8-18-10-6-16(4-5-16)14(20)12-18/h13-14,17,20H,2-12H2,1H3/t13?,14-/m1/s1. The second-order valence-corrected chi connectivity index (χ2v) is 7.02. The summed E-state index contributed by atoms with van der Waals surface area (Å²) in [6.45, 7) is 7.60. The summed E-state index contributed by atoms with van der Waals surface area (Å²) in [5.74, 6) is 0.263. The molecule has 2 heterocycles. The van der Waals surface area contributed by atoms with E-state index in [1.165, 1.54) is 12.8 Å². The smallest absolute Gasteiger partial charge is 0.239 e. The fourth-order valence-corrected chi connectivity index (χ4v) is 3.84. The third kappa shape index (κ3) is 3.25. The van der Waals surface area contributed by atoms with Crippen LogP contribution in [-0.2, 0) is 4.79 Å². The molecule has 5 heteroatoms. The third-order valence-electron chi connectivity index (χ3n) is 5.65. The van der Waals surface area contributed by atoms with Gasteiger partial charge in [0, 0.05) is 26.2 Å². The molecule has 1 unspecified atom stereocenters. The van der Waals surface area contributed by atoms with Crippen LogP contribution in [0.4, 0.5) is 0 Å². The van der Waals surface area contributed by atoms with Gasteiger partial charge in [-0.1, -0.05) is 6.92 Å². The predicted molar refractivity (Wildman–Crippen MR) is 82.0 cm³/mol. The molecule has 0 bridgehead atoms. The SMILES string of the molecule is CCC1NCCN(CCCN2CCC3(CC3)[C@H](O)C2)C1=O. The first-order valence-electron chi connectivity index (χ1n) is 8.57. The molecule has 5 nitrogen and oxygen atoms in total. The van der Waals surface area contributed by atoms with Crippen LogP contribution in [0.1, 0.15) is 39.0 Å². The second kappa shape index (κ2) is 6.23. The van der Waals surface area contributed by atoms with Crippen molar-refractivity contribution in [1.82, 2.24) is 15.1 Å². The number of hydrogen-bond acceptors (Lipinski definition) is 4. The van der Waals surface area contributed by atoms with Crippen molar-refractivity contribution in [1.29, 1.82) is 0 Å². The highest BCUT2D eigenvalue weighted by Crippen LogP contribution is 2.53. The molecular formula is C16H29N3O2. The number of piperazine rings is 1. The summed E-state index contributed by atoms with van der Waals surface area (Å²) in [4.78, 5) is 16.6. The lowest BCUT2D eigenvalue weighted by molar-refractivity contribution is -0.135. The molecule has 0 radical (unpaired) electrons. The molecule has 2 N–H and O–H groups in total. The molecule has 120 valence electrons. The zero-order valence-electron chi connectivity index (χ0n) is 13.2. The van der Waals surface area contributed by atoms with E-state index >= 15 is 0 Å². The Morgan fingerprint density at radius 3 is 2.76 bits per heavy atom. The number of hydrogen-bond donors (Lipinski definition) is 2. The van der Waals surface area contributed by atoms with Gasteiger partial charge in [-0.15, -0.1) is 0 Å². The van der Waals surface area contributed by atoms with E-state index in [9.17, 15) is 9.90 Å². The van der Waals surface area contributed by atoms with Gasteiger partial charge in [0.15, 0.2) is 0 Å². The molecule has 2 saturated heterocycles. The van der Waals surface area contributed by atoms with Gasteiger partial charge in [0.1, 0.15) is 0 Å². The van der Waals surface area contributed by atoms with Crippen LogP contribution in [0.3, 0.4) is 0 Å². The highest BCUT2D eigenvalue weighted by molar-refractivity contribution is 5.82. The van der Waals surface area contributed by atoms with Crippen LogP contribution in [0, 0.1) is 5.41 Å². The maximum absolute atomic E-state index is 12.2. The summed E-state index contributed by atoms with van der Waals surface area (Å²) < 4.78 is 0. The molecule has 2 aliphatic heterocycles. The van der Waals surface area contributed by atoms with E-state index in [1.54, 1.807) is 0 Å². The second-order valence-electron chi connectivity index (χ2n) is 7.02. The van der Waals surface area contributed by atoms with Crippen LogP contribution in [0.25, 0.3) is 0 Å². The van der Waals surface area contributed by atoms with Gasteiger partial charge in [-0.25, -0.2) is 0 Å². The lowest BCUT2D eigenvalue weighted by atomic mass is 9.90. The summed E-state index contributed by atoms with van der Waals surface area (Å²) in [6.07, 6.45) is 5.35. The fraction of sp³-hybridized carbons (Fsp3) is 0.938. The zero-order chi connectivity index (χ0) is 14.9. The van der Waals surface area contributed by atoms with Crippen molar-refractivity contribution in [2.45, 2.75) is 51.2 Å². The number of β-amino-alcohol motifs (C(OH)–C–C–N with tert-alkyl or cyclic N) is 1. The lowest BCUT2D eigenvalue weighted by Gasteiger charge is -2.37. The molecule has 0 aromatic rings. The van der Waals surface area contributed by atoms with E-state index in [4.69, 9.17) is 0 Å². The van der Waals surface area contributed by atoms with Crippen LogP contribution in [-0.4, -0.2) is 72.2 Å². The van der Waals surface area contributed by atoms with Gasteiger partial charge in [-0.3, -0.25) is 4.79 Å². The fourth-order valence-electron chi connectivity index (χ4n) is 3.84. The Bertz CT molecular complexity index is 384. The summed E-state index contributed by atoms with van der Waals surface area (Å²) in [6, 6.07) is 0.0188. The largest absolute Gasteiger partial charge is 0.391 e. The molecule has 1 amide bonds. The number of carbonyl (C=O) groups excluding carboxylic acids is 1. The average molecular weight is 295 g/mol. The Morgan fingerprint density at radius 1 is 1.29 bits per heavy atom. The van der Waals surface area contributed by atoms with Crippen LogP contribution >= 0.6 is 0 Å². The topological polar surface area (TPSA) is 55.8 Å². The Morgan fingerprint density at radius 2 is 2.10 bits per heavy atom. The van der Waals surface area contributed by atoms with Gasteiger partial charge in [-0.2, -0.15) is 0 Å². The minimum atomic E-state index is -0.128. The summed E-state index contributed by atoms with van der Waals surface area (Å²) >= 11 is 0. The van der Waals surface area contributed by atoms with Gasteiger partial charge in [-0.05, 0) is 50.6 Å². The van der Waals surface area contributed by atoms with Gasteiger partial charge in [0.05, 0.1) is 12.1 Å². The number of aliphatic hydroxyl groups is 1. The van der Waals surface area contributed by atoms with E-state index in [0.29, 0.717) is 5.41 Å². The van der Waals surface area contributed by atoms with Gasteiger partial charge in [0.2, 0.25) is 5.91 Å². The van der Waals surface area contributed by atoms with E-state index in [1.807, 2.05) is 4.90 Å². The maximum Gasteiger partial charge on any atom is 0.239 e. The molecule has 3 aliphatic rings. The summed E-state index contributed by atoms with van der Waals surface area (Å²) in [5.41, 5.74) is 0.291. The van der Waals surface area contributed by atoms with Crippen molar-refractivity contribution in [3.63, 3.8) is 0 Å². The average Bonchev–Trinajstić information content (AvgIpc) is 3.26. The molecule has 0 aromatic carbocycles. The van der Waals surface area contributed by atoms with Crippen molar-refractivity contribution < 1.29 is 9.90 Å². The first-order valence-corrected chi connectivity index (χ1v) is 8.57. The first-order chi connectivity index (χ1) is 10.1. The van der Waals surface area contributed by atoms with Crippen LogP contribution < -0.4 is 5.32 Å². The molecule has 3 fully saturated rings. The molecule has 3 rings (SSSR count). The molecule has 1 aliphatic carbocycles. The van der Waals surface area contributed by atoms with Gasteiger partial charge >= 0.3 is 0 Å².